The number of hydrogen-bond acceptors (Lipinski definition) is 9. The SMILES string of the molecule is COc1cc(N2CCC(Oc3ncc(N4C[C@H](OC)[C@@H](C)[C@@H]4CC(=O)O)cc3OC(C)C)C(C)C2)c(Cl)cn1. The lowest BCUT2D eigenvalue weighted by Gasteiger charge is -2.38. The summed E-state index contributed by atoms with van der Waals surface area (Å²) < 4.78 is 23.5. The Balaban J connectivity index is 1.53. The average Bonchev–Trinajstić information content (AvgIpc) is 3.20. The number of aliphatic carboxylic acids is 1. The van der Waals surface area contributed by atoms with Crippen molar-refractivity contribution in [1.29, 1.82) is 0 Å². The zero-order valence-corrected chi connectivity index (χ0v) is 24.2. The van der Waals surface area contributed by atoms with E-state index in [0.717, 1.165) is 30.9 Å². The minimum absolute atomic E-state index is 0.0170. The summed E-state index contributed by atoms with van der Waals surface area (Å²) >= 11 is 6.44. The van der Waals surface area contributed by atoms with E-state index >= 15 is 0 Å². The van der Waals surface area contributed by atoms with E-state index in [2.05, 4.69) is 26.7 Å². The molecule has 0 saturated carbocycles. The summed E-state index contributed by atoms with van der Waals surface area (Å²) in [7, 11) is 3.25. The Hall–Kier alpha value is -2.98. The molecular weight excluding hydrogens is 524 g/mol. The Morgan fingerprint density at radius 1 is 1.15 bits per heavy atom. The highest BCUT2D eigenvalue weighted by Gasteiger charge is 2.41. The van der Waals surface area contributed by atoms with Crippen molar-refractivity contribution in [1.82, 2.24) is 9.97 Å². The topological polar surface area (TPSA) is 106 Å². The van der Waals surface area contributed by atoms with Gasteiger partial charge in [0.25, 0.3) is 5.88 Å². The largest absolute Gasteiger partial charge is 0.485 e. The van der Waals surface area contributed by atoms with E-state index in [1.54, 1.807) is 26.6 Å². The maximum atomic E-state index is 11.6. The van der Waals surface area contributed by atoms with Gasteiger partial charge < -0.3 is 33.9 Å². The van der Waals surface area contributed by atoms with Crippen LogP contribution in [0.25, 0.3) is 0 Å². The Kier molecular flexibility index (Phi) is 9.27. The summed E-state index contributed by atoms with van der Waals surface area (Å²) in [5.41, 5.74) is 1.69. The molecule has 11 heteroatoms. The normalized spacial score (nSPS) is 25.2. The molecule has 2 aliphatic rings. The Morgan fingerprint density at radius 3 is 2.56 bits per heavy atom. The number of halogens is 1. The van der Waals surface area contributed by atoms with Crippen molar-refractivity contribution in [2.45, 2.75) is 64.9 Å². The van der Waals surface area contributed by atoms with E-state index in [9.17, 15) is 9.90 Å². The van der Waals surface area contributed by atoms with E-state index in [4.69, 9.17) is 30.5 Å². The van der Waals surface area contributed by atoms with Crippen LogP contribution in [0.3, 0.4) is 0 Å². The van der Waals surface area contributed by atoms with Crippen molar-refractivity contribution in [3.8, 4) is 17.5 Å². The molecule has 2 fully saturated rings. The highest BCUT2D eigenvalue weighted by Crippen LogP contribution is 2.39. The Bertz CT molecular complexity index is 1150. The van der Waals surface area contributed by atoms with Crippen molar-refractivity contribution in [3.63, 3.8) is 0 Å². The monoisotopic (exact) mass is 562 g/mol. The van der Waals surface area contributed by atoms with Crippen molar-refractivity contribution >= 4 is 28.9 Å². The number of aromatic nitrogens is 2. The second kappa shape index (κ2) is 12.5. The molecule has 39 heavy (non-hydrogen) atoms. The number of pyridine rings is 2. The quantitative estimate of drug-likeness (QED) is 0.443. The molecule has 2 saturated heterocycles. The summed E-state index contributed by atoms with van der Waals surface area (Å²) in [6.45, 7) is 10.2. The molecule has 2 aromatic rings. The lowest BCUT2D eigenvalue weighted by Crippen LogP contribution is -2.44. The molecule has 0 spiro atoms. The highest BCUT2D eigenvalue weighted by molar-refractivity contribution is 6.33. The number of hydrogen-bond donors (Lipinski definition) is 1. The first-order chi connectivity index (χ1) is 18.6. The van der Waals surface area contributed by atoms with E-state index in [0.29, 0.717) is 29.1 Å². The van der Waals surface area contributed by atoms with Gasteiger partial charge in [-0.3, -0.25) is 4.79 Å². The summed E-state index contributed by atoms with van der Waals surface area (Å²) in [6, 6.07) is 3.55. The van der Waals surface area contributed by atoms with Gasteiger partial charge in [-0.2, -0.15) is 0 Å². The van der Waals surface area contributed by atoms with Crippen molar-refractivity contribution in [2.24, 2.45) is 11.8 Å². The van der Waals surface area contributed by atoms with Crippen LogP contribution in [0, 0.1) is 11.8 Å². The van der Waals surface area contributed by atoms with Crippen LogP contribution in [0.2, 0.25) is 5.02 Å². The smallest absolute Gasteiger partial charge is 0.305 e. The minimum atomic E-state index is -0.841. The van der Waals surface area contributed by atoms with Crippen LogP contribution in [0.5, 0.6) is 17.5 Å². The summed E-state index contributed by atoms with van der Waals surface area (Å²) in [5, 5.41) is 10.1. The molecule has 0 radical (unpaired) electrons. The highest BCUT2D eigenvalue weighted by atomic mass is 35.5. The molecule has 1 N–H and O–H groups in total. The third-order valence-corrected chi connectivity index (χ3v) is 7.90. The minimum Gasteiger partial charge on any atom is -0.485 e. The first kappa shape index (κ1) is 29.0. The number of ether oxygens (including phenoxy) is 4. The van der Waals surface area contributed by atoms with Crippen LogP contribution in [0.15, 0.2) is 24.5 Å². The van der Waals surface area contributed by atoms with Crippen LogP contribution in [0.4, 0.5) is 11.4 Å². The number of rotatable bonds is 10. The average molecular weight is 563 g/mol. The first-order valence-corrected chi connectivity index (χ1v) is 13.8. The molecule has 2 aromatic heterocycles. The van der Waals surface area contributed by atoms with Gasteiger partial charge in [0.1, 0.15) is 6.10 Å². The fourth-order valence-electron chi connectivity index (χ4n) is 5.52. The molecule has 0 amide bonds. The lowest BCUT2D eigenvalue weighted by atomic mass is 9.96. The maximum absolute atomic E-state index is 11.6. The third-order valence-electron chi connectivity index (χ3n) is 7.60. The molecule has 5 atom stereocenters. The third kappa shape index (κ3) is 6.61. The van der Waals surface area contributed by atoms with Crippen LogP contribution in [0.1, 0.15) is 40.5 Å². The predicted molar refractivity (Wildman–Crippen MR) is 150 cm³/mol. The summed E-state index contributed by atoms with van der Waals surface area (Å²) in [6.07, 6.45) is 3.91. The van der Waals surface area contributed by atoms with Crippen molar-refractivity contribution in [3.05, 3.63) is 29.5 Å². The van der Waals surface area contributed by atoms with Gasteiger partial charge in [-0.05, 0) is 13.8 Å². The Labute approximate surface area is 235 Å². The molecule has 4 heterocycles. The second-order valence-electron chi connectivity index (χ2n) is 10.7. The standard InChI is InChI=1S/C28H39ClN4O6/c1-16(2)38-24-9-19(33-15-25(36-5)18(4)21(33)11-27(34)35)12-31-28(24)39-23-7-8-32(14-17(23)3)22-10-26(37-6)30-13-20(22)29/h9-10,12-13,16-18,21,23,25H,7-8,11,14-15H2,1-6H3,(H,34,35)/t17?,18-,21-,23?,25-/m0/s1. The van der Waals surface area contributed by atoms with Gasteiger partial charge in [0.05, 0.1) is 54.5 Å². The molecule has 10 nitrogen and oxygen atoms in total. The predicted octanol–water partition coefficient (Wildman–Crippen LogP) is 4.53. The first-order valence-electron chi connectivity index (χ1n) is 13.4. The van der Waals surface area contributed by atoms with E-state index in [-0.39, 0.29) is 42.6 Å². The van der Waals surface area contributed by atoms with Crippen LogP contribution < -0.4 is 24.0 Å². The zero-order chi connectivity index (χ0) is 28.3. The molecule has 0 bridgehead atoms. The number of methoxy groups -OCH3 is 2. The number of nitrogens with zero attached hydrogens (tertiary/aromatic N) is 4. The van der Waals surface area contributed by atoms with Crippen LogP contribution in [-0.4, -0.2) is 79.3 Å². The van der Waals surface area contributed by atoms with Gasteiger partial charge >= 0.3 is 5.97 Å². The molecule has 0 aromatic carbocycles. The van der Waals surface area contributed by atoms with Gasteiger partial charge in [0.15, 0.2) is 5.75 Å². The fraction of sp³-hybridized carbons (Fsp3) is 0.607. The number of carbonyl (C=O) groups is 1. The number of carboxylic acids is 1. The van der Waals surface area contributed by atoms with Gasteiger partial charge in [-0.15, -0.1) is 0 Å². The van der Waals surface area contributed by atoms with E-state index in [1.807, 2.05) is 32.9 Å². The van der Waals surface area contributed by atoms with E-state index < -0.39 is 5.97 Å². The molecular formula is C28H39ClN4O6. The molecule has 2 unspecified atom stereocenters. The summed E-state index contributed by atoms with van der Waals surface area (Å²) in [5.74, 6) is 0.899. The molecule has 2 aliphatic heterocycles. The van der Waals surface area contributed by atoms with Gasteiger partial charge in [0, 0.05) is 63.2 Å². The molecule has 214 valence electrons. The summed E-state index contributed by atoms with van der Waals surface area (Å²) in [4.78, 5) is 24.7. The van der Waals surface area contributed by atoms with Gasteiger partial charge in [-0.25, -0.2) is 9.97 Å². The number of piperidine rings is 1. The van der Waals surface area contributed by atoms with Gasteiger partial charge in [0.2, 0.25) is 5.88 Å². The number of carboxylic acid groups (broad SMARTS) is 1. The number of anilines is 2. The maximum Gasteiger partial charge on any atom is 0.305 e. The van der Waals surface area contributed by atoms with Crippen molar-refractivity contribution in [2.75, 3.05) is 43.7 Å². The molecule has 0 aliphatic carbocycles. The second-order valence-corrected chi connectivity index (χ2v) is 11.1. The lowest BCUT2D eigenvalue weighted by molar-refractivity contribution is -0.137. The molecule has 4 rings (SSSR count). The van der Waals surface area contributed by atoms with Crippen LogP contribution in [-0.2, 0) is 9.53 Å². The van der Waals surface area contributed by atoms with Crippen LogP contribution >= 0.6 is 11.6 Å². The van der Waals surface area contributed by atoms with E-state index in [1.165, 1.54) is 0 Å². The van der Waals surface area contributed by atoms with Gasteiger partial charge in [-0.1, -0.05) is 25.4 Å². The fourth-order valence-corrected chi connectivity index (χ4v) is 5.74. The Morgan fingerprint density at radius 2 is 1.92 bits per heavy atom. The zero-order valence-electron chi connectivity index (χ0n) is 23.5. The van der Waals surface area contributed by atoms with Crippen molar-refractivity contribution < 1.29 is 28.8 Å².